The minimum atomic E-state index is 0.194. The molecular formula is C4H7Cl4N. The predicted octanol–water partition coefficient (Wildman–Crippen LogP) is 3.37. The zero-order valence-corrected chi connectivity index (χ0v) is 7.90. The minimum absolute atomic E-state index is 0.194. The van der Waals surface area contributed by atoms with E-state index in [0.717, 1.165) is 0 Å². The van der Waals surface area contributed by atoms with Crippen molar-refractivity contribution in [1.82, 2.24) is 0 Å². The van der Waals surface area contributed by atoms with Gasteiger partial charge in [0.2, 0.25) is 0 Å². The Morgan fingerprint density at radius 1 is 1.11 bits per heavy atom. The molecule has 0 aliphatic carbocycles. The van der Waals surface area contributed by atoms with E-state index in [9.17, 15) is 0 Å². The van der Waals surface area contributed by atoms with Crippen LogP contribution in [0.4, 0.5) is 0 Å². The van der Waals surface area contributed by atoms with Crippen LogP contribution in [0.2, 0.25) is 0 Å². The van der Waals surface area contributed by atoms with Crippen molar-refractivity contribution in [3.63, 3.8) is 0 Å². The van der Waals surface area contributed by atoms with Crippen LogP contribution in [-0.2, 0) is 0 Å². The lowest BCUT2D eigenvalue weighted by Crippen LogP contribution is -1.24. The fourth-order valence-corrected chi connectivity index (χ4v) is 0. The smallest absolute Gasteiger partial charge is 0.0967 e. The Morgan fingerprint density at radius 2 is 1.11 bits per heavy atom. The number of alkyl halides is 4. The monoisotopic (exact) mass is 209 g/mol. The summed E-state index contributed by atoms with van der Waals surface area (Å²) in [5.74, 6) is 0. The summed E-state index contributed by atoms with van der Waals surface area (Å²) in [5, 5.41) is 7.71. The molecule has 0 aliphatic rings. The van der Waals surface area contributed by atoms with Crippen molar-refractivity contribution in [2.45, 2.75) is 6.92 Å². The Bertz CT molecular complexity index is 49.0. The summed E-state index contributed by atoms with van der Waals surface area (Å²) in [6.07, 6.45) is 0. The van der Waals surface area contributed by atoms with Crippen LogP contribution in [0.5, 0.6) is 0 Å². The van der Waals surface area contributed by atoms with E-state index in [1.807, 2.05) is 0 Å². The molecular weight excluding hydrogens is 204 g/mol. The zero-order valence-electron chi connectivity index (χ0n) is 4.87. The van der Waals surface area contributed by atoms with Crippen LogP contribution >= 0.6 is 46.4 Å². The number of rotatable bonds is 0. The van der Waals surface area contributed by atoms with Crippen LogP contribution in [0, 0.1) is 11.3 Å². The number of hydrogen-bond acceptors (Lipinski definition) is 1. The fraction of sp³-hybridized carbons (Fsp3) is 0.750. The number of nitriles is 1. The maximum Gasteiger partial charge on any atom is 0.0967 e. The molecule has 0 atom stereocenters. The number of nitrogens with zero attached hydrogens (tertiary/aromatic N) is 1. The van der Waals surface area contributed by atoms with E-state index in [0.29, 0.717) is 0 Å². The Morgan fingerprint density at radius 3 is 1.11 bits per heavy atom. The molecule has 9 heavy (non-hydrogen) atoms. The van der Waals surface area contributed by atoms with Crippen LogP contribution in [0.15, 0.2) is 0 Å². The third kappa shape index (κ3) is 905. The Labute approximate surface area is 75.5 Å². The molecule has 5 heteroatoms. The topological polar surface area (TPSA) is 23.8 Å². The van der Waals surface area contributed by atoms with Crippen LogP contribution in [0.1, 0.15) is 6.92 Å². The number of hydrogen-bond donors (Lipinski definition) is 0. The van der Waals surface area contributed by atoms with Crippen molar-refractivity contribution in [1.29, 1.82) is 5.26 Å². The maximum absolute atomic E-state index is 7.32. The van der Waals surface area contributed by atoms with Crippen LogP contribution in [0.25, 0.3) is 0 Å². The van der Waals surface area contributed by atoms with Crippen molar-refractivity contribution in [3.05, 3.63) is 0 Å². The van der Waals surface area contributed by atoms with Gasteiger partial charge in [-0.1, -0.05) is 0 Å². The van der Waals surface area contributed by atoms with Gasteiger partial charge < -0.3 is 0 Å². The van der Waals surface area contributed by atoms with E-state index in [1.165, 1.54) is 6.92 Å². The predicted molar refractivity (Wildman–Crippen MR) is 44.4 cm³/mol. The molecule has 0 N–H and O–H groups in total. The van der Waals surface area contributed by atoms with Gasteiger partial charge in [-0.2, -0.15) is 5.26 Å². The summed E-state index contributed by atoms with van der Waals surface area (Å²) in [4.78, 5) is 0. The van der Waals surface area contributed by atoms with Crippen molar-refractivity contribution in [2.75, 3.05) is 10.7 Å². The van der Waals surface area contributed by atoms with E-state index < -0.39 is 0 Å². The molecule has 0 saturated carbocycles. The third-order valence-electron chi connectivity index (χ3n) is 0. The van der Waals surface area contributed by atoms with Crippen LogP contribution in [0.3, 0.4) is 0 Å². The first-order valence-electron chi connectivity index (χ1n) is 1.79. The second-order valence-electron chi connectivity index (χ2n) is 0.426. The summed E-state index contributed by atoms with van der Waals surface area (Å²) >= 11 is 19.1. The lowest BCUT2D eigenvalue weighted by atomic mass is 11.0. The second kappa shape index (κ2) is 38.0. The normalized spacial score (nSPS) is 4.89. The molecule has 0 amide bonds. The average Bonchev–Trinajstić information content (AvgIpc) is 1.70. The van der Waals surface area contributed by atoms with Crippen molar-refractivity contribution < 1.29 is 0 Å². The van der Waals surface area contributed by atoms with Gasteiger partial charge in [0.15, 0.2) is 0 Å². The molecule has 0 aliphatic heterocycles. The lowest BCUT2D eigenvalue weighted by Gasteiger charge is -1.42. The SMILES string of the molecule is CC#N.ClCCl.ClCCl. The van der Waals surface area contributed by atoms with Gasteiger partial charge in [0, 0.05) is 6.92 Å². The minimum Gasteiger partial charge on any atom is -0.199 e. The first kappa shape index (κ1) is 16.3. The van der Waals surface area contributed by atoms with Gasteiger partial charge in [0.1, 0.15) is 0 Å². The Hall–Kier alpha value is 0.650. The zero-order chi connectivity index (χ0) is 8.12. The van der Waals surface area contributed by atoms with Gasteiger partial charge >= 0.3 is 0 Å². The second-order valence-corrected chi connectivity index (χ2v) is 2.04. The lowest BCUT2D eigenvalue weighted by molar-refractivity contribution is 1.49. The molecule has 1 nitrogen and oxygen atoms in total. The van der Waals surface area contributed by atoms with Gasteiger partial charge in [0.25, 0.3) is 0 Å². The summed E-state index contributed by atoms with van der Waals surface area (Å²) in [7, 11) is 0. The highest BCUT2D eigenvalue weighted by Gasteiger charge is 1.42. The first-order valence-corrected chi connectivity index (χ1v) is 3.93. The van der Waals surface area contributed by atoms with Gasteiger partial charge in [-0.15, -0.1) is 46.4 Å². The fourth-order valence-electron chi connectivity index (χ4n) is 0. The molecule has 56 valence electrons. The highest BCUT2D eigenvalue weighted by Crippen LogP contribution is 1.73. The maximum atomic E-state index is 7.32. The molecule has 0 bridgehead atoms. The van der Waals surface area contributed by atoms with E-state index >= 15 is 0 Å². The molecule has 0 spiro atoms. The summed E-state index contributed by atoms with van der Waals surface area (Å²) < 4.78 is 0. The molecule has 0 aromatic heterocycles. The van der Waals surface area contributed by atoms with Crippen molar-refractivity contribution in [2.24, 2.45) is 0 Å². The largest absolute Gasteiger partial charge is 0.199 e. The third-order valence-corrected chi connectivity index (χ3v) is 0. The van der Waals surface area contributed by atoms with E-state index in [4.69, 9.17) is 51.7 Å². The molecule has 0 aromatic carbocycles. The number of halogens is 4. The van der Waals surface area contributed by atoms with Gasteiger partial charge in [-0.05, 0) is 0 Å². The molecule has 0 saturated heterocycles. The Balaban J connectivity index is -0.0000000600. The summed E-state index contributed by atoms with van der Waals surface area (Å²) in [6, 6.07) is 1.75. The van der Waals surface area contributed by atoms with Gasteiger partial charge in [-0.25, -0.2) is 0 Å². The molecule has 0 fully saturated rings. The van der Waals surface area contributed by atoms with E-state index in [1.54, 1.807) is 6.07 Å². The molecule has 0 rings (SSSR count). The van der Waals surface area contributed by atoms with Gasteiger partial charge in [-0.3, -0.25) is 0 Å². The van der Waals surface area contributed by atoms with Crippen molar-refractivity contribution in [3.8, 4) is 6.07 Å². The average molecular weight is 211 g/mol. The molecule has 0 heterocycles. The first-order chi connectivity index (χ1) is 4.24. The highest BCUT2D eigenvalue weighted by molar-refractivity contribution is 6.40. The van der Waals surface area contributed by atoms with E-state index in [2.05, 4.69) is 0 Å². The molecule has 0 radical (unpaired) electrons. The van der Waals surface area contributed by atoms with Gasteiger partial charge in [0.05, 0.1) is 16.7 Å². The van der Waals surface area contributed by atoms with Crippen LogP contribution < -0.4 is 0 Å². The highest BCUT2D eigenvalue weighted by atomic mass is 35.5. The quantitative estimate of drug-likeness (QED) is 0.563. The summed E-state index contributed by atoms with van der Waals surface area (Å²) in [5.41, 5.74) is 0. The van der Waals surface area contributed by atoms with E-state index in [-0.39, 0.29) is 10.7 Å². The standard InChI is InChI=1S/C2H3N.2CH2Cl2/c1-2-3;2*2-1-3/h1H3;2*1H2. The van der Waals surface area contributed by atoms with Crippen LogP contribution in [-0.4, -0.2) is 10.7 Å². The molecule has 0 aromatic rings. The molecule has 0 unspecified atom stereocenters. The summed E-state index contributed by atoms with van der Waals surface area (Å²) in [6.45, 7) is 1.43. The Kier molecular flexibility index (Phi) is 68.9. The van der Waals surface area contributed by atoms with Crippen molar-refractivity contribution >= 4 is 46.4 Å².